The predicted octanol–water partition coefficient (Wildman–Crippen LogP) is 3.76. The minimum Gasteiger partial charge on any atom is -0.458 e. The lowest BCUT2D eigenvalue weighted by Gasteiger charge is -2.16. The Bertz CT molecular complexity index is 1160. The molecule has 1 fully saturated rings. The third-order valence-corrected chi connectivity index (χ3v) is 6.32. The van der Waals surface area contributed by atoms with Gasteiger partial charge in [-0.25, -0.2) is 0 Å². The van der Waals surface area contributed by atoms with Gasteiger partial charge in [-0.05, 0) is 43.2 Å². The topological polar surface area (TPSA) is 101 Å². The standard InChI is InChI=1S/C24H24N4O4S/c1-3-16-6-8-18(9-7-16)25-22(30)23-27-26-20(33-23)14-32-24(31)17-12-21(29)28(13-17)19-10-4-15(2)5-11-19/h4-11,17H,3,12-14H2,1-2H3,(H,25,30). The average Bonchev–Trinajstić information content (AvgIpc) is 3.45. The predicted molar refractivity (Wildman–Crippen MR) is 125 cm³/mol. The van der Waals surface area contributed by atoms with Crippen molar-refractivity contribution < 1.29 is 19.1 Å². The van der Waals surface area contributed by atoms with Crippen LogP contribution in [0.25, 0.3) is 0 Å². The number of carbonyl (C=O) groups is 3. The zero-order valence-electron chi connectivity index (χ0n) is 18.4. The van der Waals surface area contributed by atoms with Crippen molar-refractivity contribution in [2.24, 2.45) is 5.92 Å². The number of carbonyl (C=O) groups excluding carboxylic acids is 3. The summed E-state index contributed by atoms with van der Waals surface area (Å²) in [7, 11) is 0. The molecule has 0 saturated carbocycles. The normalized spacial score (nSPS) is 15.5. The first kappa shape index (κ1) is 22.6. The zero-order valence-corrected chi connectivity index (χ0v) is 19.2. The van der Waals surface area contributed by atoms with Crippen molar-refractivity contribution in [3.8, 4) is 0 Å². The highest BCUT2D eigenvalue weighted by molar-refractivity contribution is 7.13. The van der Waals surface area contributed by atoms with Gasteiger partial charge in [0, 0.05) is 24.3 Å². The molecule has 0 aliphatic carbocycles. The number of aryl methyl sites for hydroxylation is 2. The van der Waals surface area contributed by atoms with Gasteiger partial charge < -0.3 is 15.0 Å². The molecule has 2 amide bonds. The first-order chi connectivity index (χ1) is 15.9. The Morgan fingerprint density at radius 2 is 1.85 bits per heavy atom. The molecular weight excluding hydrogens is 440 g/mol. The molecule has 4 rings (SSSR count). The SMILES string of the molecule is CCc1ccc(NC(=O)c2nnc(COC(=O)C3CC(=O)N(c4ccc(C)cc4)C3)s2)cc1. The maximum Gasteiger partial charge on any atom is 0.311 e. The lowest BCUT2D eigenvalue weighted by Crippen LogP contribution is -2.26. The number of aromatic nitrogens is 2. The molecule has 3 aromatic rings. The number of amides is 2. The summed E-state index contributed by atoms with van der Waals surface area (Å²) < 4.78 is 5.36. The summed E-state index contributed by atoms with van der Waals surface area (Å²) in [5, 5.41) is 11.2. The maximum absolute atomic E-state index is 12.5. The summed E-state index contributed by atoms with van der Waals surface area (Å²) >= 11 is 1.06. The van der Waals surface area contributed by atoms with E-state index in [2.05, 4.69) is 22.4 Å². The number of nitrogens with one attached hydrogen (secondary N) is 1. The molecule has 9 heteroatoms. The van der Waals surface area contributed by atoms with Crippen molar-refractivity contribution in [2.45, 2.75) is 33.3 Å². The second-order valence-corrected chi connectivity index (χ2v) is 8.92. The highest BCUT2D eigenvalue weighted by Crippen LogP contribution is 2.26. The van der Waals surface area contributed by atoms with E-state index in [-0.39, 0.29) is 36.4 Å². The van der Waals surface area contributed by atoms with E-state index in [1.54, 1.807) is 4.90 Å². The molecule has 1 aromatic heterocycles. The van der Waals surface area contributed by atoms with E-state index < -0.39 is 11.9 Å². The quantitative estimate of drug-likeness (QED) is 0.534. The van der Waals surface area contributed by atoms with Gasteiger partial charge in [-0.2, -0.15) is 0 Å². The van der Waals surface area contributed by atoms with Crippen molar-refractivity contribution in [2.75, 3.05) is 16.8 Å². The monoisotopic (exact) mass is 464 g/mol. The van der Waals surface area contributed by atoms with Crippen LogP contribution in [0.2, 0.25) is 0 Å². The van der Waals surface area contributed by atoms with Gasteiger partial charge in [-0.1, -0.05) is 48.1 Å². The first-order valence-electron chi connectivity index (χ1n) is 10.7. The zero-order chi connectivity index (χ0) is 23.4. The molecule has 2 aromatic carbocycles. The Hall–Kier alpha value is -3.59. The molecule has 170 valence electrons. The summed E-state index contributed by atoms with van der Waals surface area (Å²) in [5.74, 6) is -1.48. The fourth-order valence-corrected chi connectivity index (χ4v) is 4.15. The summed E-state index contributed by atoms with van der Waals surface area (Å²) in [6.07, 6.45) is 1.03. The third-order valence-electron chi connectivity index (χ3n) is 5.42. The lowest BCUT2D eigenvalue weighted by atomic mass is 10.1. The van der Waals surface area contributed by atoms with E-state index in [9.17, 15) is 14.4 Å². The van der Waals surface area contributed by atoms with Crippen molar-refractivity contribution in [1.82, 2.24) is 10.2 Å². The molecule has 1 atom stereocenters. The number of anilines is 2. The van der Waals surface area contributed by atoms with E-state index in [1.807, 2.05) is 55.5 Å². The van der Waals surface area contributed by atoms with Gasteiger partial charge in [-0.15, -0.1) is 10.2 Å². The van der Waals surface area contributed by atoms with Gasteiger partial charge in [0.05, 0.1) is 5.92 Å². The van der Waals surface area contributed by atoms with Gasteiger partial charge in [0.2, 0.25) is 10.9 Å². The number of benzene rings is 2. The molecular formula is C24H24N4O4S. The van der Waals surface area contributed by atoms with Crippen LogP contribution >= 0.6 is 11.3 Å². The second-order valence-electron chi connectivity index (χ2n) is 7.85. The van der Waals surface area contributed by atoms with Crippen molar-refractivity contribution in [3.63, 3.8) is 0 Å². The van der Waals surface area contributed by atoms with Gasteiger partial charge in [0.1, 0.15) is 6.61 Å². The molecule has 0 spiro atoms. The minimum absolute atomic E-state index is 0.0931. The van der Waals surface area contributed by atoms with Gasteiger partial charge in [-0.3, -0.25) is 14.4 Å². The fourth-order valence-electron chi connectivity index (χ4n) is 3.50. The molecule has 1 aliphatic heterocycles. The van der Waals surface area contributed by atoms with E-state index in [0.717, 1.165) is 29.0 Å². The van der Waals surface area contributed by atoms with Crippen LogP contribution in [0, 0.1) is 12.8 Å². The molecule has 2 heterocycles. The highest BCUT2D eigenvalue weighted by atomic mass is 32.1. The molecule has 1 saturated heterocycles. The maximum atomic E-state index is 12.5. The third kappa shape index (κ3) is 5.43. The molecule has 1 N–H and O–H groups in total. The van der Waals surface area contributed by atoms with Crippen LogP contribution in [0.15, 0.2) is 48.5 Å². The molecule has 1 aliphatic rings. The summed E-state index contributed by atoms with van der Waals surface area (Å²) in [6, 6.07) is 15.2. The Kier molecular flexibility index (Phi) is 6.79. The largest absolute Gasteiger partial charge is 0.458 e. The smallest absolute Gasteiger partial charge is 0.311 e. The van der Waals surface area contributed by atoms with Crippen molar-refractivity contribution in [3.05, 3.63) is 69.7 Å². The van der Waals surface area contributed by atoms with Crippen LogP contribution in [0.4, 0.5) is 11.4 Å². The number of hydrogen-bond acceptors (Lipinski definition) is 7. The Morgan fingerprint density at radius 3 is 2.55 bits per heavy atom. The summed E-state index contributed by atoms with van der Waals surface area (Å²) in [4.78, 5) is 38.9. The molecule has 1 unspecified atom stereocenters. The van der Waals surface area contributed by atoms with E-state index in [0.29, 0.717) is 10.7 Å². The van der Waals surface area contributed by atoms with Crippen LogP contribution < -0.4 is 10.2 Å². The molecule has 33 heavy (non-hydrogen) atoms. The van der Waals surface area contributed by atoms with Crippen LogP contribution in [0.5, 0.6) is 0 Å². The Balaban J connectivity index is 1.29. The van der Waals surface area contributed by atoms with E-state index in [4.69, 9.17) is 4.74 Å². The fraction of sp³-hybridized carbons (Fsp3) is 0.292. The molecule has 0 bridgehead atoms. The van der Waals surface area contributed by atoms with Crippen molar-refractivity contribution >= 4 is 40.5 Å². The number of rotatable bonds is 7. The average molecular weight is 465 g/mol. The van der Waals surface area contributed by atoms with Crippen LogP contribution in [-0.4, -0.2) is 34.5 Å². The highest BCUT2D eigenvalue weighted by Gasteiger charge is 2.36. The number of esters is 1. The van der Waals surface area contributed by atoms with Gasteiger partial charge >= 0.3 is 5.97 Å². The molecule has 0 radical (unpaired) electrons. The van der Waals surface area contributed by atoms with Crippen LogP contribution in [0.3, 0.4) is 0 Å². The first-order valence-corrected chi connectivity index (χ1v) is 11.5. The Labute approximate surface area is 195 Å². The summed E-state index contributed by atoms with van der Waals surface area (Å²) in [6.45, 7) is 4.22. The second kappa shape index (κ2) is 9.91. The van der Waals surface area contributed by atoms with Crippen molar-refractivity contribution in [1.29, 1.82) is 0 Å². The van der Waals surface area contributed by atoms with E-state index in [1.165, 1.54) is 5.56 Å². The summed E-state index contributed by atoms with van der Waals surface area (Å²) in [5.41, 5.74) is 3.72. The number of nitrogens with zero attached hydrogens (tertiary/aromatic N) is 3. The number of ether oxygens (including phenoxy) is 1. The van der Waals surface area contributed by atoms with Crippen LogP contribution in [0.1, 0.15) is 39.3 Å². The van der Waals surface area contributed by atoms with Gasteiger partial charge in [0.25, 0.3) is 5.91 Å². The number of hydrogen-bond donors (Lipinski definition) is 1. The van der Waals surface area contributed by atoms with E-state index >= 15 is 0 Å². The van der Waals surface area contributed by atoms with Crippen LogP contribution in [-0.2, 0) is 27.4 Å². The lowest BCUT2D eigenvalue weighted by molar-refractivity contribution is -0.149. The Morgan fingerprint density at radius 1 is 1.12 bits per heavy atom. The molecule has 8 nitrogen and oxygen atoms in total. The minimum atomic E-state index is -0.541. The van der Waals surface area contributed by atoms with Gasteiger partial charge in [0.15, 0.2) is 5.01 Å².